The van der Waals surface area contributed by atoms with Gasteiger partial charge in [-0.25, -0.2) is 21.8 Å². The molecule has 4 rings (SSSR count). The van der Waals surface area contributed by atoms with Crippen molar-refractivity contribution in [2.45, 2.75) is 16.7 Å². The van der Waals surface area contributed by atoms with E-state index in [1.165, 1.54) is 48.7 Å². The second-order valence-corrected chi connectivity index (χ2v) is 12.7. The van der Waals surface area contributed by atoms with Crippen LogP contribution in [-0.2, 0) is 24.8 Å². The van der Waals surface area contributed by atoms with Crippen LogP contribution in [0.4, 0.5) is 17.2 Å². The van der Waals surface area contributed by atoms with Crippen molar-refractivity contribution in [1.29, 1.82) is 0 Å². The molecule has 0 aliphatic carbocycles. The summed E-state index contributed by atoms with van der Waals surface area (Å²) in [6.45, 7) is 1.75. The van der Waals surface area contributed by atoms with Gasteiger partial charge in [-0.1, -0.05) is 22.0 Å². The first-order valence-corrected chi connectivity index (χ1v) is 15.6. The lowest BCUT2D eigenvalue weighted by Gasteiger charge is -2.24. The summed E-state index contributed by atoms with van der Waals surface area (Å²) in [4.78, 5) is 17.0. The smallest absolute Gasteiger partial charge is 0.264 e. The molecule has 0 saturated heterocycles. The Hall–Kier alpha value is -3.94. The van der Waals surface area contributed by atoms with Gasteiger partial charge in [0.15, 0.2) is 0 Å². The predicted octanol–water partition coefficient (Wildman–Crippen LogP) is 4.88. The molecule has 0 saturated carbocycles. The molecule has 0 fully saturated rings. The van der Waals surface area contributed by atoms with E-state index in [9.17, 15) is 21.6 Å². The zero-order valence-corrected chi connectivity index (χ0v) is 24.4. The van der Waals surface area contributed by atoms with Crippen LogP contribution in [0.15, 0.2) is 111 Å². The van der Waals surface area contributed by atoms with Gasteiger partial charge in [0.05, 0.1) is 22.1 Å². The largest absolute Gasteiger partial charge is 0.494 e. The SMILES string of the molecule is CCOc1ccc(N(CC(=O)Nc2ccc(S(=O)(=O)Nc3ccccn3)cc2)S(=O)(=O)c2ccc(Br)cc2)cc1. The van der Waals surface area contributed by atoms with E-state index >= 15 is 0 Å². The summed E-state index contributed by atoms with van der Waals surface area (Å²) in [5, 5.41) is 2.63. The van der Waals surface area contributed by atoms with Crippen LogP contribution in [0.25, 0.3) is 0 Å². The van der Waals surface area contributed by atoms with E-state index < -0.39 is 32.5 Å². The van der Waals surface area contributed by atoms with Crippen molar-refractivity contribution in [2.24, 2.45) is 0 Å². The van der Waals surface area contributed by atoms with Gasteiger partial charge in [-0.2, -0.15) is 0 Å². The standard InChI is InChI=1S/C27H25BrN4O6S2/c1-2-38-23-12-10-22(11-13-23)32(40(36,37)25-14-6-20(28)7-15-25)19-27(33)30-21-8-16-24(17-9-21)39(34,35)31-26-5-3-4-18-29-26/h3-18H,2,19H2,1H3,(H,29,31)(H,30,33). The topological polar surface area (TPSA) is 135 Å². The second kappa shape index (κ2) is 12.5. The number of aromatic nitrogens is 1. The Morgan fingerprint density at radius 3 is 2.12 bits per heavy atom. The average molecular weight is 646 g/mol. The molecule has 0 aliphatic rings. The second-order valence-electron chi connectivity index (χ2n) is 8.29. The maximum atomic E-state index is 13.6. The van der Waals surface area contributed by atoms with Gasteiger partial charge in [0.2, 0.25) is 5.91 Å². The quantitative estimate of drug-likeness (QED) is 0.238. The Kier molecular flexibility index (Phi) is 9.07. The molecule has 40 heavy (non-hydrogen) atoms. The number of halogens is 1. The predicted molar refractivity (Wildman–Crippen MR) is 156 cm³/mol. The van der Waals surface area contributed by atoms with Gasteiger partial charge >= 0.3 is 0 Å². The van der Waals surface area contributed by atoms with E-state index in [-0.39, 0.29) is 27.0 Å². The molecule has 1 amide bonds. The highest BCUT2D eigenvalue weighted by Gasteiger charge is 2.27. The third kappa shape index (κ3) is 7.17. The van der Waals surface area contributed by atoms with Crippen LogP contribution in [0.1, 0.15) is 6.92 Å². The van der Waals surface area contributed by atoms with Crippen LogP contribution in [-0.4, -0.2) is 40.9 Å². The minimum absolute atomic E-state index is 0.00681. The van der Waals surface area contributed by atoms with E-state index in [2.05, 4.69) is 31.0 Å². The summed E-state index contributed by atoms with van der Waals surface area (Å²) >= 11 is 3.30. The summed E-state index contributed by atoms with van der Waals surface area (Å²) in [5.41, 5.74) is 0.554. The fourth-order valence-corrected chi connectivity index (χ4v) is 6.29. The van der Waals surface area contributed by atoms with Gasteiger partial charge in [-0.3, -0.25) is 13.8 Å². The monoisotopic (exact) mass is 644 g/mol. The number of ether oxygens (including phenoxy) is 1. The summed E-state index contributed by atoms with van der Waals surface area (Å²) in [5.74, 6) is 0.0994. The molecule has 0 spiro atoms. The normalized spacial score (nSPS) is 11.4. The number of benzene rings is 3. The van der Waals surface area contributed by atoms with Crippen molar-refractivity contribution < 1.29 is 26.4 Å². The number of hydrogen-bond acceptors (Lipinski definition) is 7. The summed E-state index contributed by atoms with van der Waals surface area (Å²) in [6.07, 6.45) is 1.46. The van der Waals surface area contributed by atoms with Crippen molar-refractivity contribution >= 4 is 59.1 Å². The van der Waals surface area contributed by atoms with Crippen LogP contribution in [0.2, 0.25) is 0 Å². The van der Waals surface area contributed by atoms with Crippen molar-refractivity contribution in [3.8, 4) is 5.75 Å². The fraction of sp³-hybridized carbons (Fsp3) is 0.111. The Labute approximate surface area is 241 Å². The first-order valence-electron chi connectivity index (χ1n) is 11.9. The van der Waals surface area contributed by atoms with Crippen molar-refractivity contribution in [1.82, 2.24) is 4.98 Å². The van der Waals surface area contributed by atoms with Crippen molar-refractivity contribution in [3.05, 3.63) is 102 Å². The molecule has 2 N–H and O–H groups in total. The Morgan fingerprint density at radius 1 is 0.875 bits per heavy atom. The highest BCUT2D eigenvalue weighted by molar-refractivity contribution is 9.10. The first-order chi connectivity index (χ1) is 19.1. The van der Waals surface area contributed by atoms with Crippen molar-refractivity contribution in [3.63, 3.8) is 0 Å². The van der Waals surface area contributed by atoms with Crippen LogP contribution < -0.4 is 19.1 Å². The summed E-state index contributed by atoms with van der Waals surface area (Å²) in [7, 11) is -8.02. The molecule has 4 aromatic rings. The Morgan fingerprint density at radius 2 is 1.52 bits per heavy atom. The van der Waals surface area contributed by atoms with Gasteiger partial charge in [-0.15, -0.1) is 0 Å². The van der Waals surface area contributed by atoms with Crippen molar-refractivity contribution in [2.75, 3.05) is 27.5 Å². The number of hydrogen-bond donors (Lipinski definition) is 2. The fourth-order valence-electron chi connectivity index (χ4n) is 3.59. The number of carbonyl (C=O) groups is 1. The number of sulfonamides is 2. The van der Waals surface area contributed by atoms with Crippen LogP contribution in [0.3, 0.4) is 0 Å². The molecule has 0 atom stereocenters. The molecule has 0 unspecified atom stereocenters. The van der Waals surface area contributed by atoms with Crippen LogP contribution in [0, 0.1) is 0 Å². The van der Waals surface area contributed by atoms with Gasteiger partial charge in [0.1, 0.15) is 18.1 Å². The minimum Gasteiger partial charge on any atom is -0.494 e. The highest BCUT2D eigenvalue weighted by Crippen LogP contribution is 2.27. The third-order valence-corrected chi connectivity index (χ3v) is 9.16. The molecule has 1 aromatic heterocycles. The molecular weight excluding hydrogens is 620 g/mol. The third-order valence-electron chi connectivity index (χ3n) is 5.48. The lowest BCUT2D eigenvalue weighted by Crippen LogP contribution is -2.38. The number of carbonyl (C=O) groups excluding carboxylic acids is 1. The van der Waals surface area contributed by atoms with E-state index in [0.717, 1.165) is 4.31 Å². The number of rotatable bonds is 11. The Balaban J connectivity index is 1.54. The maximum Gasteiger partial charge on any atom is 0.264 e. The summed E-state index contributed by atoms with van der Waals surface area (Å²) < 4.78 is 62.0. The zero-order chi connectivity index (χ0) is 28.8. The van der Waals surface area contributed by atoms with Crippen LogP contribution in [0.5, 0.6) is 5.75 Å². The van der Waals surface area contributed by atoms with E-state index in [1.807, 2.05) is 6.92 Å². The number of amides is 1. The lowest BCUT2D eigenvalue weighted by atomic mass is 10.3. The molecule has 0 bridgehead atoms. The Bertz CT molecular complexity index is 1670. The molecule has 0 radical (unpaired) electrons. The molecule has 0 aliphatic heterocycles. The van der Waals surface area contributed by atoms with Gasteiger partial charge in [-0.05, 0) is 91.9 Å². The lowest BCUT2D eigenvalue weighted by molar-refractivity contribution is -0.114. The zero-order valence-electron chi connectivity index (χ0n) is 21.2. The molecule has 13 heteroatoms. The van der Waals surface area contributed by atoms with Gasteiger partial charge in [0.25, 0.3) is 20.0 Å². The van der Waals surface area contributed by atoms with Crippen LogP contribution >= 0.6 is 15.9 Å². The molecule has 208 valence electrons. The van der Waals surface area contributed by atoms with E-state index in [4.69, 9.17) is 4.74 Å². The molecule has 10 nitrogen and oxygen atoms in total. The van der Waals surface area contributed by atoms with E-state index in [1.54, 1.807) is 48.5 Å². The minimum atomic E-state index is -4.12. The first kappa shape index (κ1) is 29.1. The van der Waals surface area contributed by atoms with Gasteiger partial charge in [0, 0.05) is 16.4 Å². The average Bonchev–Trinajstić information content (AvgIpc) is 2.93. The van der Waals surface area contributed by atoms with E-state index in [0.29, 0.717) is 16.8 Å². The number of anilines is 3. The maximum absolute atomic E-state index is 13.6. The summed E-state index contributed by atoms with van der Waals surface area (Å²) in [6, 6.07) is 22.7. The highest BCUT2D eigenvalue weighted by atomic mass is 79.9. The molecule has 1 heterocycles. The number of nitrogens with one attached hydrogen (secondary N) is 2. The number of nitrogens with zero attached hydrogens (tertiary/aromatic N) is 2. The van der Waals surface area contributed by atoms with Gasteiger partial charge < -0.3 is 10.1 Å². The molecule has 3 aromatic carbocycles. The number of pyridine rings is 1. The molecular formula is C27H25BrN4O6S2.